The maximum Gasteiger partial charge on any atom is 0.127 e. The summed E-state index contributed by atoms with van der Waals surface area (Å²) in [5, 5.41) is 0. The first-order chi connectivity index (χ1) is 9.15. The Morgan fingerprint density at radius 2 is 1.84 bits per heavy atom. The Hall–Kier alpha value is -1.27. The first-order valence-electron chi connectivity index (χ1n) is 5.88. The van der Waals surface area contributed by atoms with Crippen LogP contribution in [0.5, 0.6) is 11.5 Å². The van der Waals surface area contributed by atoms with Gasteiger partial charge in [-0.1, -0.05) is 12.1 Å². The molecular weight excluding hydrogens is 353 g/mol. The average molecular weight is 369 g/mol. The highest BCUT2D eigenvalue weighted by Gasteiger charge is 2.15. The summed E-state index contributed by atoms with van der Waals surface area (Å²) in [6.07, 6.45) is 0. The number of rotatable bonds is 4. The van der Waals surface area contributed by atoms with Gasteiger partial charge in [0, 0.05) is 15.2 Å². The van der Waals surface area contributed by atoms with Crippen LogP contribution < -0.4 is 15.2 Å². The summed E-state index contributed by atoms with van der Waals surface area (Å²) in [5.41, 5.74) is 8.34. The van der Waals surface area contributed by atoms with Crippen molar-refractivity contribution < 1.29 is 9.47 Å². The van der Waals surface area contributed by atoms with Crippen LogP contribution in [-0.4, -0.2) is 14.2 Å². The summed E-state index contributed by atoms with van der Waals surface area (Å²) in [7, 11) is 3.27. The molecule has 1 atom stereocenters. The van der Waals surface area contributed by atoms with Crippen LogP contribution in [0.2, 0.25) is 0 Å². The van der Waals surface area contributed by atoms with E-state index in [0.717, 1.165) is 26.2 Å². The average Bonchev–Trinajstić information content (AvgIpc) is 2.45. The molecule has 0 aliphatic rings. The van der Waals surface area contributed by atoms with E-state index >= 15 is 0 Å². The molecule has 0 amide bonds. The van der Waals surface area contributed by atoms with Crippen molar-refractivity contribution in [3.05, 3.63) is 57.2 Å². The van der Waals surface area contributed by atoms with Gasteiger partial charge in [-0.05, 0) is 52.4 Å². The van der Waals surface area contributed by atoms with Crippen LogP contribution in [0, 0.1) is 3.57 Å². The number of halogens is 1. The predicted molar refractivity (Wildman–Crippen MR) is 84.7 cm³/mol. The van der Waals surface area contributed by atoms with Crippen LogP contribution in [0.3, 0.4) is 0 Å². The van der Waals surface area contributed by atoms with Gasteiger partial charge in [-0.3, -0.25) is 0 Å². The van der Waals surface area contributed by atoms with E-state index in [1.807, 2.05) is 36.4 Å². The summed E-state index contributed by atoms with van der Waals surface area (Å²) in [6.45, 7) is 0. The lowest BCUT2D eigenvalue weighted by atomic mass is 9.98. The minimum atomic E-state index is -0.212. The summed E-state index contributed by atoms with van der Waals surface area (Å²) in [4.78, 5) is 0. The van der Waals surface area contributed by atoms with Crippen molar-refractivity contribution in [1.82, 2.24) is 0 Å². The molecule has 2 aromatic rings. The Bertz CT molecular complexity index is 572. The van der Waals surface area contributed by atoms with Crippen LogP contribution in [0.1, 0.15) is 17.2 Å². The maximum atomic E-state index is 6.33. The number of methoxy groups -OCH3 is 2. The standard InChI is InChI=1S/C15H16INO2/c1-18-12-6-7-13(14(9-12)19-2)15(17)10-4-3-5-11(16)8-10/h3-9,15H,17H2,1-2H3. The SMILES string of the molecule is COc1ccc(C(N)c2cccc(I)c2)c(OC)c1. The molecule has 0 bridgehead atoms. The predicted octanol–water partition coefficient (Wildman–Crippen LogP) is 3.36. The van der Waals surface area contributed by atoms with Crippen molar-refractivity contribution in [2.24, 2.45) is 5.73 Å². The molecule has 0 spiro atoms. The van der Waals surface area contributed by atoms with Gasteiger partial charge in [-0.25, -0.2) is 0 Å². The minimum Gasteiger partial charge on any atom is -0.497 e. The van der Waals surface area contributed by atoms with Crippen LogP contribution in [0.15, 0.2) is 42.5 Å². The first kappa shape index (κ1) is 14.1. The fourth-order valence-electron chi connectivity index (χ4n) is 1.95. The van der Waals surface area contributed by atoms with E-state index in [4.69, 9.17) is 15.2 Å². The number of benzene rings is 2. The van der Waals surface area contributed by atoms with Gasteiger partial charge in [-0.15, -0.1) is 0 Å². The summed E-state index contributed by atoms with van der Waals surface area (Å²) in [6, 6.07) is 13.6. The summed E-state index contributed by atoms with van der Waals surface area (Å²) < 4.78 is 11.8. The highest BCUT2D eigenvalue weighted by atomic mass is 127. The quantitative estimate of drug-likeness (QED) is 0.841. The molecule has 0 aliphatic heterocycles. The third-order valence-corrected chi connectivity index (χ3v) is 3.65. The first-order valence-corrected chi connectivity index (χ1v) is 6.96. The lowest BCUT2D eigenvalue weighted by Crippen LogP contribution is -2.13. The fraction of sp³-hybridized carbons (Fsp3) is 0.200. The normalized spacial score (nSPS) is 12.0. The molecule has 2 rings (SSSR count). The van der Waals surface area contributed by atoms with Crippen LogP contribution in [0.4, 0.5) is 0 Å². The van der Waals surface area contributed by atoms with Crippen molar-refractivity contribution in [3.63, 3.8) is 0 Å². The monoisotopic (exact) mass is 369 g/mol. The van der Waals surface area contributed by atoms with Gasteiger partial charge in [0.2, 0.25) is 0 Å². The maximum absolute atomic E-state index is 6.33. The molecule has 0 aliphatic carbocycles. The molecule has 0 radical (unpaired) electrons. The molecule has 3 nitrogen and oxygen atoms in total. The molecule has 4 heteroatoms. The van der Waals surface area contributed by atoms with Crippen molar-refractivity contribution in [3.8, 4) is 11.5 Å². The number of hydrogen-bond donors (Lipinski definition) is 1. The molecule has 0 saturated carbocycles. The molecule has 0 saturated heterocycles. The molecule has 0 aromatic heterocycles. The zero-order valence-electron chi connectivity index (χ0n) is 10.9. The Morgan fingerprint density at radius 3 is 2.47 bits per heavy atom. The molecule has 0 fully saturated rings. The number of nitrogens with two attached hydrogens (primary N) is 1. The third-order valence-electron chi connectivity index (χ3n) is 2.98. The Labute approximate surface area is 126 Å². The highest BCUT2D eigenvalue weighted by Crippen LogP contribution is 2.31. The van der Waals surface area contributed by atoms with E-state index in [2.05, 4.69) is 28.7 Å². The molecule has 1 unspecified atom stereocenters. The summed E-state index contributed by atoms with van der Waals surface area (Å²) >= 11 is 2.28. The minimum absolute atomic E-state index is 0.212. The van der Waals surface area contributed by atoms with E-state index in [1.165, 1.54) is 0 Å². The second-order valence-corrected chi connectivity index (χ2v) is 5.39. The Kier molecular flexibility index (Phi) is 4.66. The van der Waals surface area contributed by atoms with E-state index in [0.29, 0.717) is 0 Å². The van der Waals surface area contributed by atoms with Crippen LogP contribution in [0.25, 0.3) is 0 Å². The van der Waals surface area contributed by atoms with E-state index in [9.17, 15) is 0 Å². The second-order valence-electron chi connectivity index (χ2n) is 4.14. The van der Waals surface area contributed by atoms with Gasteiger partial charge in [0.25, 0.3) is 0 Å². The van der Waals surface area contributed by atoms with Gasteiger partial charge in [0.1, 0.15) is 11.5 Å². The molecule has 2 N–H and O–H groups in total. The van der Waals surface area contributed by atoms with Crippen LogP contribution >= 0.6 is 22.6 Å². The number of ether oxygens (including phenoxy) is 2. The second kappa shape index (κ2) is 6.25. The van der Waals surface area contributed by atoms with Gasteiger partial charge in [0.05, 0.1) is 20.3 Å². The Morgan fingerprint density at radius 1 is 1.05 bits per heavy atom. The van der Waals surface area contributed by atoms with Gasteiger partial charge >= 0.3 is 0 Å². The van der Waals surface area contributed by atoms with Crippen molar-refractivity contribution in [1.29, 1.82) is 0 Å². The smallest absolute Gasteiger partial charge is 0.127 e. The van der Waals surface area contributed by atoms with Gasteiger partial charge < -0.3 is 15.2 Å². The van der Waals surface area contributed by atoms with Crippen molar-refractivity contribution in [2.45, 2.75) is 6.04 Å². The molecule has 19 heavy (non-hydrogen) atoms. The lowest BCUT2D eigenvalue weighted by molar-refractivity contribution is 0.390. The lowest BCUT2D eigenvalue weighted by Gasteiger charge is -2.17. The van der Waals surface area contributed by atoms with E-state index in [-0.39, 0.29) is 6.04 Å². The summed E-state index contributed by atoms with van der Waals surface area (Å²) in [5.74, 6) is 1.50. The zero-order valence-corrected chi connectivity index (χ0v) is 13.0. The highest BCUT2D eigenvalue weighted by molar-refractivity contribution is 14.1. The number of hydrogen-bond acceptors (Lipinski definition) is 3. The van der Waals surface area contributed by atoms with Crippen molar-refractivity contribution in [2.75, 3.05) is 14.2 Å². The molecular formula is C15H16INO2. The van der Waals surface area contributed by atoms with Crippen LogP contribution in [-0.2, 0) is 0 Å². The molecule has 100 valence electrons. The van der Waals surface area contributed by atoms with Crippen molar-refractivity contribution >= 4 is 22.6 Å². The molecule has 2 aromatic carbocycles. The fourth-order valence-corrected chi connectivity index (χ4v) is 2.52. The van der Waals surface area contributed by atoms with E-state index in [1.54, 1.807) is 14.2 Å². The molecule has 0 heterocycles. The van der Waals surface area contributed by atoms with Gasteiger partial charge in [0.15, 0.2) is 0 Å². The largest absolute Gasteiger partial charge is 0.497 e. The zero-order chi connectivity index (χ0) is 13.8. The van der Waals surface area contributed by atoms with E-state index < -0.39 is 0 Å². The topological polar surface area (TPSA) is 44.5 Å². The Balaban J connectivity index is 2.40. The van der Waals surface area contributed by atoms with Gasteiger partial charge in [-0.2, -0.15) is 0 Å². The third kappa shape index (κ3) is 3.19.